The molecule has 3 unspecified atom stereocenters. The molecule has 2 N–H and O–H groups in total. The first-order chi connectivity index (χ1) is 8.90. The molecule has 1 saturated carbocycles. The van der Waals surface area contributed by atoms with Crippen LogP contribution in [0.5, 0.6) is 0 Å². The quantitative estimate of drug-likeness (QED) is 0.772. The summed E-state index contributed by atoms with van der Waals surface area (Å²) in [5, 5.41) is 11.5. The zero-order valence-corrected chi connectivity index (χ0v) is 12.0. The molecule has 0 spiro atoms. The second kappa shape index (κ2) is 7.48. The molecule has 0 aliphatic heterocycles. The predicted molar refractivity (Wildman–Crippen MR) is 71.8 cm³/mol. The summed E-state index contributed by atoms with van der Waals surface area (Å²) < 4.78 is 5.57. The van der Waals surface area contributed by atoms with Crippen LogP contribution in [0.2, 0.25) is 0 Å². The average molecular weight is 271 g/mol. The van der Waals surface area contributed by atoms with Crippen molar-refractivity contribution < 1.29 is 19.4 Å². The van der Waals surface area contributed by atoms with Crippen molar-refractivity contribution >= 4 is 11.9 Å². The van der Waals surface area contributed by atoms with E-state index < -0.39 is 12.0 Å². The number of carbonyl (C=O) groups is 2. The molecule has 0 saturated heterocycles. The lowest BCUT2D eigenvalue weighted by atomic mass is 9.89. The predicted octanol–water partition coefficient (Wildman–Crippen LogP) is 1.81. The van der Waals surface area contributed by atoms with E-state index in [1.54, 1.807) is 13.8 Å². The van der Waals surface area contributed by atoms with Crippen molar-refractivity contribution in [3.63, 3.8) is 0 Å². The molecule has 1 rings (SSSR count). The number of hydrogen-bond acceptors (Lipinski definition) is 3. The van der Waals surface area contributed by atoms with Crippen LogP contribution in [0.4, 0.5) is 0 Å². The van der Waals surface area contributed by atoms with E-state index in [2.05, 4.69) is 12.2 Å². The number of nitrogens with one attached hydrogen (secondary N) is 1. The van der Waals surface area contributed by atoms with Crippen LogP contribution in [-0.4, -0.2) is 35.7 Å². The summed E-state index contributed by atoms with van der Waals surface area (Å²) in [4.78, 5) is 22.7. The largest absolute Gasteiger partial charge is 0.480 e. The van der Waals surface area contributed by atoms with Crippen molar-refractivity contribution in [2.45, 2.75) is 58.6 Å². The molecule has 0 aromatic rings. The van der Waals surface area contributed by atoms with Gasteiger partial charge in [0.25, 0.3) is 0 Å². The van der Waals surface area contributed by atoms with Crippen LogP contribution < -0.4 is 5.32 Å². The molecular formula is C14H25NO4. The zero-order chi connectivity index (χ0) is 14.4. The summed E-state index contributed by atoms with van der Waals surface area (Å²) in [5.74, 6) is -0.852. The standard InChI is InChI=1S/C14H25NO4/c1-9(2)13(14(17)18)15-12(16)8-19-11-6-4-5-10(3)7-11/h9-11,13H,4-8H2,1-3H3,(H,15,16)(H,17,18). The van der Waals surface area contributed by atoms with Crippen LogP contribution in [0.3, 0.4) is 0 Å². The Balaban J connectivity index is 2.32. The third kappa shape index (κ3) is 5.59. The Morgan fingerprint density at radius 2 is 2.05 bits per heavy atom. The maximum Gasteiger partial charge on any atom is 0.326 e. The third-order valence-electron chi connectivity index (χ3n) is 3.59. The van der Waals surface area contributed by atoms with E-state index in [1.807, 2.05) is 0 Å². The Labute approximate surface area is 114 Å². The van der Waals surface area contributed by atoms with Crippen molar-refractivity contribution in [3.8, 4) is 0 Å². The van der Waals surface area contributed by atoms with Gasteiger partial charge in [-0.2, -0.15) is 0 Å². The SMILES string of the molecule is CC1CCCC(OCC(=O)NC(C(=O)O)C(C)C)C1. The van der Waals surface area contributed by atoms with Crippen LogP contribution in [0, 0.1) is 11.8 Å². The summed E-state index contributed by atoms with van der Waals surface area (Å²) in [7, 11) is 0. The van der Waals surface area contributed by atoms with Crippen molar-refractivity contribution in [3.05, 3.63) is 0 Å². The highest BCUT2D eigenvalue weighted by Crippen LogP contribution is 2.25. The lowest BCUT2D eigenvalue weighted by Crippen LogP contribution is -2.46. The highest BCUT2D eigenvalue weighted by Gasteiger charge is 2.24. The normalized spacial score (nSPS) is 25.1. The Hall–Kier alpha value is -1.10. The Kier molecular flexibility index (Phi) is 6.28. The minimum atomic E-state index is -1.00. The summed E-state index contributed by atoms with van der Waals surface area (Å²) >= 11 is 0. The third-order valence-corrected chi connectivity index (χ3v) is 3.59. The van der Waals surface area contributed by atoms with E-state index in [1.165, 1.54) is 6.42 Å². The second-order valence-corrected chi connectivity index (χ2v) is 5.83. The molecule has 0 aromatic carbocycles. The van der Waals surface area contributed by atoms with Gasteiger partial charge in [-0.1, -0.05) is 33.6 Å². The van der Waals surface area contributed by atoms with Gasteiger partial charge >= 0.3 is 5.97 Å². The molecule has 110 valence electrons. The van der Waals surface area contributed by atoms with Gasteiger partial charge in [0.2, 0.25) is 5.91 Å². The molecule has 1 aliphatic rings. The number of carbonyl (C=O) groups excluding carboxylic acids is 1. The molecule has 5 nitrogen and oxygen atoms in total. The van der Waals surface area contributed by atoms with Crippen LogP contribution in [0.1, 0.15) is 46.5 Å². The average Bonchev–Trinajstić information content (AvgIpc) is 2.32. The molecule has 5 heteroatoms. The van der Waals surface area contributed by atoms with Crippen LogP contribution in [0.15, 0.2) is 0 Å². The fourth-order valence-electron chi connectivity index (χ4n) is 2.45. The van der Waals surface area contributed by atoms with Gasteiger partial charge < -0.3 is 15.2 Å². The van der Waals surface area contributed by atoms with Crippen molar-refractivity contribution in [2.24, 2.45) is 11.8 Å². The number of carboxylic acid groups (broad SMARTS) is 1. The first-order valence-corrected chi connectivity index (χ1v) is 7.04. The molecular weight excluding hydrogens is 246 g/mol. The van der Waals surface area contributed by atoms with E-state index in [-0.39, 0.29) is 24.5 Å². The van der Waals surface area contributed by atoms with Gasteiger partial charge in [-0.15, -0.1) is 0 Å². The lowest BCUT2D eigenvalue weighted by molar-refractivity contribution is -0.144. The van der Waals surface area contributed by atoms with E-state index in [0.717, 1.165) is 19.3 Å². The molecule has 1 amide bonds. The molecule has 1 fully saturated rings. The van der Waals surface area contributed by atoms with Gasteiger partial charge in [-0.25, -0.2) is 4.79 Å². The molecule has 1 aliphatic carbocycles. The van der Waals surface area contributed by atoms with Gasteiger partial charge in [0, 0.05) is 0 Å². The summed E-state index contributed by atoms with van der Waals surface area (Å²) in [6.45, 7) is 5.67. The fourth-order valence-corrected chi connectivity index (χ4v) is 2.45. The Morgan fingerprint density at radius 3 is 2.58 bits per heavy atom. The van der Waals surface area contributed by atoms with Crippen molar-refractivity contribution in [1.29, 1.82) is 0 Å². The van der Waals surface area contributed by atoms with Gasteiger partial charge in [-0.3, -0.25) is 4.79 Å². The number of rotatable bonds is 6. The lowest BCUT2D eigenvalue weighted by Gasteiger charge is -2.27. The van der Waals surface area contributed by atoms with Crippen LogP contribution in [0.25, 0.3) is 0 Å². The monoisotopic (exact) mass is 271 g/mol. The minimum Gasteiger partial charge on any atom is -0.480 e. The summed E-state index contributed by atoms with van der Waals surface area (Å²) in [6.07, 6.45) is 4.47. The van der Waals surface area contributed by atoms with E-state index >= 15 is 0 Å². The van der Waals surface area contributed by atoms with Crippen molar-refractivity contribution in [1.82, 2.24) is 5.32 Å². The topological polar surface area (TPSA) is 75.6 Å². The summed E-state index contributed by atoms with van der Waals surface area (Å²) in [6, 6.07) is -0.846. The fraction of sp³-hybridized carbons (Fsp3) is 0.857. The molecule has 3 atom stereocenters. The Bertz CT molecular complexity index is 317. The summed E-state index contributed by atoms with van der Waals surface area (Å²) in [5.41, 5.74) is 0. The molecule has 0 aromatic heterocycles. The number of amides is 1. The smallest absolute Gasteiger partial charge is 0.326 e. The number of ether oxygens (including phenoxy) is 1. The molecule has 0 bridgehead atoms. The maximum atomic E-state index is 11.7. The van der Waals surface area contributed by atoms with Gasteiger partial charge in [0.15, 0.2) is 0 Å². The van der Waals surface area contributed by atoms with E-state index in [0.29, 0.717) is 5.92 Å². The second-order valence-electron chi connectivity index (χ2n) is 5.83. The first-order valence-electron chi connectivity index (χ1n) is 7.04. The number of carboxylic acids is 1. The van der Waals surface area contributed by atoms with Crippen LogP contribution >= 0.6 is 0 Å². The number of hydrogen-bond donors (Lipinski definition) is 2. The minimum absolute atomic E-state index is 0.0477. The highest BCUT2D eigenvalue weighted by atomic mass is 16.5. The number of aliphatic carboxylic acids is 1. The molecule has 0 radical (unpaired) electrons. The van der Waals surface area contributed by atoms with Crippen molar-refractivity contribution in [2.75, 3.05) is 6.61 Å². The van der Waals surface area contributed by atoms with Gasteiger partial charge in [0.1, 0.15) is 12.6 Å². The van der Waals surface area contributed by atoms with Crippen LogP contribution in [-0.2, 0) is 14.3 Å². The Morgan fingerprint density at radius 1 is 1.37 bits per heavy atom. The zero-order valence-electron chi connectivity index (χ0n) is 12.0. The molecule has 0 heterocycles. The van der Waals surface area contributed by atoms with Gasteiger partial charge in [-0.05, 0) is 24.7 Å². The molecule has 19 heavy (non-hydrogen) atoms. The van der Waals surface area contributed by atoms with E-state index in [9.17, 15) is 9.59 Å². The van der Waals surface area contributed by atoms with Gasteiger partial charge in [0.05, 0.1) is 6.10 Å². The highest BCUT2D eigenvalue weighted by molar-refractivity contribution is 5.84. The van der Waals surface area contributed by atoms with E-state index in [4.69, 9.17) is 9.84 Å². The maximum absolute atomic E-state index is 11.7. The first kappa shape index (κ1) is 16.0.